The Balaban J connectivity index is 1.35. The molecule has 0 unspecified atom stereocenters. The third-order valence-electron chi connectivity index (χ3n) is 5.69. The van der Waals surface area contributed by atoms with Crippen molar-refractivity contribution in [1.29, 1.82) is 0 Å². The molecule has 3 aliphatic heterocycles. The minimum Gasteiger partial charge on any atom is -0.497 e. The van der Waals surface area contributed by atoms with Gasteiger partial charge in [-0.15, -0.1) is 0 Å². The Morgan fingerprint density at radius 3 is 2.52 bits per heavy atom. The number of carbonyl (C=O) groups excluding carboxylic acids is 1. The standard InChI is InChI=1S/C20H24N2O5/c1-26-14-4-2-3-13(11-14)12-21-7-9-22(10-8-21)19(23)17-15-5-6-16(27-15)18(17)20(24)25/h2-6,11,15-18H,7-10,12H2,1H3,(H,24,25)/t15-,16+,17+,18+/m1/s1. The predicted molar refractivity (Wildman–Crippen MR) is 97.3 cm³/mol. The molecule has 1 aromatic carbocycles. The van der Waals surface area contributed by atoms with Gasteiger partial charge >= 0.3 is 5.97 Å². The summed E-state index contributed by atoms with van der Waals surface area (Å²) in [5.74, 6) is -1.60. The largest absolute Gasteiger partial charge is 0.497 e. The van der Waals surface area contributed by atoms with E-state index in [0.717, 1.165) is 25.4 Å². The van der Waals surface area contributed by atoms with Crippen LogP contribution in [-0.2, 0) is 20.9 Å². The van der Waals surface area contributed by atoms with E-state index in [1.54, 1.807) is 18.1 Å². The Labute approximate surface area is 158 Å². The first-order chi connectivity index (χ1) is 13.1. The van der Waals surface area contributed by atoms with Gasteiger partial charge in [0, 0.05) is 32.7 Å². The fourth-order valence-electron chi connectivity index (χ4n) is 4.26. The molecule has 1 amide bonds. The number of benzene rings is 1. The van der Waals surface area contributed by atoms with Crippen LogP contribution in [0.25, 0.3) is 0 Å². The van der Waals surface area contributed by atoms with Crippen LogP contribution in [0.4, 0.5) is 0 Å². The highest BCUT2D eigenvalue weighted by molar-refractivity contribution is 5.87. The van der Waals surface area contributed by atoms with Crippen molar-refractivity contribution in [1.82, 2.24) is 9.80 Å². The molecule has 0 saturated carbocycles. The van der Waals surface area contributed by atoms with Gasteiger partial charge in [0.1, 0.15) is 11.7 Å². The fourth-order valence-corrected chi connectivity index (χ4v) is 4.26. The first-order valence-electron chi connectivity index (χ1n) is 9.27. The monoisotopic (exact) mass is 372 g/mol. The second-order valence-corrected chi connectivity index (χ2v) is 7.29. The highest BCUT2D eigenvalue weighted by atomic mass is 16.5. The van der Waals surface area contributed by atoms with Crippen molar-refractivity contribution < 1.29 is 24.2 Å². The summed E-state index contributed by atoms with van der Waals surface area (Å²) in [6.07, 6.45) is 2.71. The van der Waals surface area contributed by atoms with Crippen molar-refractivity contribution in [3.63, 3.8) is 0 Å². The van der Waals surface area contributed by atoms with Gasteiger partial charge in [-0.3, -0.25) is 14.5 Å². The predicted octanol–water partition coefficient (Wildman–Crippen LogP) is 0.994. The second kappa shape index (κ2) is 7.32. The smallest absolute Gasteiger partial charge is 0.310 e. The summed E-state index contributed by atoms with van der Waals surface area (Å²) in [7, 11) is 1.66. The average Bonchev–Trinajstić information content (AvgIpc) is 3.29. The van der Waals surface area contributed by atoms with Crippen molar-refractivity contribution in [3.05, 3.63) is 42.0 Å². The van der Waals surface area contributed by atoms with Gasteiger partial charge in [0.15, 0.2) is 0 Å². The molecule has 27 heavy (non-hydrogen) atoms. The van der Waals surface area contributed by atoms with E-state index in [-0.39, 0.29) is 5.91 Å². The van der Waals surface area contributed by atoms with Crippen molar-refractivity contribution in [2.75, 3.05) is 33.3 Å². The highest BCUT2D eigenvalue weighted by Gasteiger charge is 2.54. The first-order valence-corrected chi connectivity index (χ1v) is 9.27. The van der Waals surface area contributed by atoms with Crippen molar-refractivity contribution >= 4 is 11.9 Å². The Morgan fingerprint density at radius 1 is 1.15 bits per heavy atom. The number of nitrogens with zero attached hydrogens (tertiary/aromatic N) is 2. The number of carboxylic acids is 1. The number of fused-ring (bicyclic) bond motifs is 2. The van der Waals surface area contributed by atoms with Gasteiger partial charge < -0.3 is 19.5 Å². The number of amides is 1. The molecule has 3 aliphatic rings. The SMILES string of the molecule is COc1cccc(CN2CCN(C(=O)[C@@H]3[C@@H](C(=O)O)[C@@H]4C=C[C@H]3O4)CC2)c1. The van der Waals surface area contributed by atoms with E-state index in [0.29, 0.717) is 13.1 Å². The number of ether oxygens (including phenoxy) is 2. The summed E-state index contributed by atoms with van der Waals surface area (Å²) >= 11 is 0. The lowest BCUT2D eigenvalue weighted by Gasteiger charge is -2.37. The molecule has 0 spiro atoms. The van der Waals surface area contributed by atoms with Gasteiger partial charge in [-0.1, -0.05) is 24.3 Å². The third kappa shape index (κ3) is 3.44. The summed E-state index contributed by atoms with van der Waals surface area (Å²) in [5.41, 5.74) is 1.17. The van der Waals surface area contributed by atoms with Gasteiger partial charge in [-0.05, 0) is 17.7 Å². The molecule has 3 heterocycles. The van der Waals surface area contributed by atoms with Crippen LogP contribution < -0.4 is 4.74 Å². The van der Waals surface area contributed by atoms with Crippen molar-refractivity contribution in [2.45, 2.75) is 18.8 Å². The van der Waals surface area contributed by atoms with E-state index in [4.69, 9.17) is 9.47 Å². The van der Waals surface area contributed by atoms with E-state index in [1.807, 2.05) is 24.3 Å². The Hall–Kier alpha value is -2.38. The van der Waals surface area contributed by atoms with Gasteiger partial charge in [0.05, 0.1) is 25.2 Å². The van der Waals surface area contributed by atoms with Gasteiger partial charge in [0.25, 0.3) is 0 Å². The molecule has 1 N–H and O–H groups in total. The molecular weight excluding hydrogens is 348 g/mol. The Morgan fingerprint density at radius 2 is 1.85 bits per heavy atom. The summed E-state index contributed by atoms with van der Waals surface area (Å²) in [4.78, 5) is 28.6. The quantitative estimate of drug-likeness (QED) is 0.777. The van der Waals surface area contributed by atoms with Crippen LogP contribution >= 0.6 is 0 Å². The zero-order valence-corrected chi connectivity index (χ0v) is 15.3. The number of methoxy groups -OCH3 is 1. The number of carbonyl (C=O) groups is 2. The molecule has 2 bridgehead atoms. The Kier molecular flexibility index (Phi) is 4.88. The number of hydrogen-bond acceptors (Lipinski definition) is 5. The molecule has 7 heteroatoms. The molecule has 0 aliphatic carbocycles. The van der Waals surface area contributed by atoms with E-state index >= 15 is 0 Å². The lowest BCUT2D eigenvalue weighted by molar-refractivity contribution is -0.150. The fraction of sp³-hybridized carbons (Fsp3) is 0.500. The molecule has 7 nitrogen and oxygen atoms in total. The molecule has 1 aromatic rings. The number of hydrogen-bond donors (Lipinski definition) is 1. The molecular formula is C20H24N2O5. The average molecular weight is 372 g/mol. The topological polar surface area (TPSA) is 79.3 Å². The summed E-state index contributed by atoms with van der Waals surface area (Å²) in [6.45, 7) is 3.53. The zero-order chi connectivity index (χ0) is 19.0. The molecule has 0 radical (unpaired) electrons. The minimum atomic E-state index is -0.957. The second-order valence-electron chi connectivity index (χ2n) is 7.29. The first kappa shape index (κ1) is 18.0. The normalized spacial score (nSPS) is 29.9. The van der Waals surface area contributed by atoms with Crippen LogP contribution in [0, 0.1) is 11.8 Å². The summed E-state index contributed by atoms with van der Waals surface area (Å²) < 4.78 is 10.9. The number of aliphatic carboxylic acids is 1. The molecule has 0 aromatic heterocycles. The number of carboxylic acid groups (broad SMARTS) is 1. The minimum absolute atomic E-state index is 0.0970. The highest BCUT2D eigenvalue weighted by Crippen LogP contribution is 2.40. The maximum absolute atomic E-state index is 13.0. The molecule has 4 atom stereocenters. The number of rotatable bonds is 5. The van der Waals surface area contributed by atoms with E-state index in [9.17, 15) is 14.7 Å². The van der Waals surface area contributed by atoms with E-state index in [2.05, 4.69) is 11.0 Å². The van der Waals surface area contributed by atoms with Crippen LogP contribution in [0.1, 0.15) is 5.56 Å². The van der Waals surface area contributed by atoms with Gasteiger partial charge in [-0.25, -0.2) is 0 Å². The van der Waals surface area contributed by atoms with Crippen LogP contribution in [0.2, 0.25) is 0 Å². The van der Waals surface area contributed by atoms with Crippen LogP contribution in [0.5, 0.6) is 5.75 Å². The molecule has 4 rings (SSSR count). The van der Waals surface area contributed by atoms with Crippen molar-refractivity contribution in [3.8, 4) is 5.75 Å². The van der Waals surface area contributed by atoms with Crippen molar-refractivity contribution in [2.24, 2.45) is 11.8 Å². The Bertz CT molecular complexity index is 756. The maximum Gasteiger partial charge on any atom is 0.310 e. The number of piperazine rings is 1. The lowest BCUT2D eigenvalue weighted by atomic mass is 9.82. The molecule has 2 saturated heterocycles. The summed E-state index contributed by atoms with van der Waals surface area (Å²) in [6, 6.07) is 7.98. The third-order valence-corrected chi connectivity index (χ3v) is 5.69. The van der Waals surface area contributed by atoms with Crippen LogP contribution in [0.15, 0.2) is 36.4 Å². The molecule has 144 valence electrons. The van der Waals surface area contributed by atoms with Gasteiger partial charge in [-0.2, -0.15) is 0 Å². The van der Waals surface area contributed by atoms with Crippen LogP contribution in [0.3, 0.4) is 0 Å². The van der Waals surface area contributed by atoms with Gasteiger partial charge in [0.2, 0.25) is 5.91 Å². The van der Waals surface area contributed by atoms with E-state index < -0.39 is 30.0 Å². The van der Waals surface area contributed by atoms with Crippen LogP contribution in [-0.4, -0.2) is 72.3 Å². The van der Waals surface area contributed by atoms with E-state index in [1.165, 1.54) is 5.56 Å². The lowest BCUT2D eigenvalue weighted by Crippen LogP contribution is -2.52. The molecule has 2 fully saturated rings. The maximum atomic E-state index is 13.0. The zero-order valence-electron chi connectivity index (χ0n) is 15.3. The summed E-state index contributed by atoms with van der Waals surface area (Å²) in [5, 5.41) is 9.50.